The van der Waals surface area contributed by atoms with Gasteiger partial charge in [-0.3, -0.25) is 9.59 Å². The molecular formula is C22H31N3O5S. The molecule has 2 amide bonds. The molecule has 1 aliphatic carbocycles. The highest BCUT2D eigenvalue weighted by Gasteiger charge is 2.28. The molecule has 170 valence electrons. The van der Waals surface area contributed by atoms with E-state index in [0.29, 0.717) is 39.3 Å². The van der Waals surface area contributed by atoms with Crippen LogP contribution in [0, 0.1) is 0 Å². The number of amides is 2. The molecule has 3 aliphatic rings. The number of ether oxygens (including phenoxy) is 1. The molecule has 1 saturated heterocycles. The van der Waals surface area contributed by atoms with Crippen molar-refractivity contribution < 1.29 is 22.7 Å². The highest BCUT2D eigenvalue weighted by Crippen LogP contribution is 2.31. The van der Waals surface area contributed by atoms with Gasteiger partial charge in [0.05, 0.1) is 18.1 Å². The molecule has 2 heterocycles. The van der Waals surface area contributed by atoms with Gasteiger partial charge in [-0.1, -0.05) is 19.3 Å². The van der Waals surface area contributed by atoms with Gasteiger partial charge in [-0.15, -0.1) is 0 Å². The summed E-state index contributed by atoms with van der Waals surface area (Å²) in [6.07, 6.45) is 6.00. The smallest absolute Gasteiger partial charge is 0.240 e. The normalized spacial score (nSPS) is 20.0. The maximum absolute atomic E-state index is 12.8. The van der Waals surface area contributed by atoms with Crippen molar-refractivity contribution in [1.29, 1.82) is 0 Å². The van der Waals surface area contributed by atoms with Gasteiger partial charge < -0.3 is 14.5 Å². The molecule has 31 heavy (non-hydrogen) atoms. The van der Waals surface area contributed by atoms with Crippen LogP contribution in [0.3, 0.4) is 0 Å². The lowest BCUT2D eigenvalue weighted by Gasteiger charge is -2.27. The van der Waals surface area contributed by atoms with E-state index in [1.807, 2.05) is 0 Å². The Morgan fingerprint density at radius 2 is 1.71 bits per heavy atom. The number of nitrogens with one attached hydrogen (secondary N) is 1. The van der Waals surface area contributed by atoms with E-state index in [4.69, 9.17) is 4.74 Å². The highest BCUT2D eigenvalue weighted by molar-refractivity contribution is 7.89. The second kappa shape index (κ2) is 9.67. The van der Waals surface area contributed by atoms with Crippen molar-refractivity contribution >= 4 is 27.5 Å². The summed E-state index contributed by atoms with van der Waals surface area (Å²) in [7, 11) is -3.57. The zero-order valence-electron chi connectivity index (χ0n) is 17.8. The lowest BCUT2D eigenvalue weighted by molar-refractivity contribution is -0.136. The van der Waals surface area contributed by atoms with Crippen molar-refractivity contribution in [2.75, 3.05) is 37.7 Å². The monoisotopic (exact) mass is 449 g/mol. The average molecular weight is 450 g/mol. The molecule has 2 aliphatic heterocycles. The van der Waals surface area contributed by atoms with Gasteiger partial charge in [0.25, 0.3) is 0 Å². The van der Waals surface area contributed by atoms with Crippen LogP contribution in [0.15, 0.2) is 23.1 Å². The number of carbonyl (C=O) groups is 2. The maximum atomic E-state index is 12.8. The van der Waals surface area contributed by atoms with Crippen LogP contribution >= 0.6 is 0 Å². The fourth-order valence-electron chi connectivity index (χ4n) is 4.63. The second-order valence-electron chi connectivity index (χ2n) is 8.54. The van der Waals surface area contributed by atoms with Gasteiger partial charge in [0, 0.05) is 44.2 Å². The van der Waals surface area contributed by atoms with Crippen molar-refractivity contribution in [3.05, 3.63) is 23.8 Å². The van der Waals surface area contributed by atoms with E-state index in [9.17, 15) is 18.0 Å². The Kier molecular flexibility index (Phi) is 6.93. The third-order valence-corrected chi connectivity index (χ3v) is 7.92. The van der Waals surface area contributed by atoms with Crippen LogP contribution in [-0.4, -0.2) is 64.0 Å². The van der Waals surface area contributed by atoms with Crippen LogP contribution in [-0.2, 0) is 30.8 Å². The fourth-order valence-corrected chi connectivity index (χ4v) is 5.99. The Bertz CT molecular complexity index is 921. The maximum Gasteiger partial charge on any atom is 0.240 e. The van der Waals surface area contributed by atoms with E-state index in [1.165, 1.54) is 6.42 Å². The van der Waals surface area contributed by atoms with E-state index >= 15 is 0 Å². The van der Waals surface area contributed by atoms with Gasteiger partial charge in [0.15, 0.2) is 0 Å². The second-order valence-corrected chi connectivity index (χ2v) is 10.2. The summed E-state index contributed by atoms with van der Waals surface area (Å²) in [5.74, 6) is -0.123. The molecular weight excluding hydrogens is 418 g/mol. The van der Waals surface area contributed by atoms with Gasteiger partial charge in [-0.25, -0.2) is 13.1 Å². The van der Waals surface area contributed by atoms with E-state index in [0.717, 1.165) is 36.9 Å². The number of nitrogens with zero attached hydrogens (tertiary/aromatic N) is 2. The lowest BCUT2D eigenvalue weighted by atomic mass is 9.96. The predicted molar refractivity (Wildman–Crippen MR) is 116 cm³/mol. The minimum atomic E-state index is -3.57. The van der Waals surface area contributed by atoms with E-state index in [2.05, 4.69) is 4.72 Å². The minimum absolute atomic E-state index is 0.00841. The molecule has 8 nitrogen and oxygen atoms in total. The lowest BCUT2D eigenvalue weighted by Crippen LogP contribution is -2.41. The standard InChI is InChI=1S/C22H31N3O5S/c26-21(24-12-14-30-15-13-24)8-9-22(27)25-11-10-17-16-19(6-7-20(17)25)31(28,29)23-18-4-2-1-3-5-18/h6-7,16,18,23H,1-5,8-15H2. The summed E-state index contributed by atoms with van der Waals surface area (Å²) in [5.41, 5.74) is 1.61. The Morgan fingerprint density at radius 3 is 2.45 bits per heavy atom. The number of hydrogen-bond acceptors (Lipinski definition) is 5. The van der Waals surface area contributed by atoms with Crippen LogP contribution < -0.4 is 9.62 Å². The van der Waals surface area contributed by atoms with E-state index < -0.39 is 10.0 Å². The number of morpholine rings is 1. The number of hydrogen-bond donors (Lipinski definition) is 1. The molecule has 1 aromatic carbocycles. The Labute approximate surface area is 184 Å². The van der Waals surface area contributed by atoms with Crippen LogP contribution in [0.25, 0.3) is 0 Å². The quantitative estimate of drug-likeness (QED) is 0.715. The van der Waals surface area contributed by atoms with E-state index in [1.54, 1.807) is 28.0 Å². The summed E-state index contributed by atoms with van der Waals surface area (Å²) in [6.45, 7) is 2.75. The Morgan fingerprint density at radius 1 is 1.00 bits per heavy atom. The van der Waals surface area contributed by atoms with Gasteiger partial charge in [0.1, 0.15) is 0 Å². The van der Waals surface area contributed by atoms with E-state index in [-0.39, 0.29) is 35.6 Å². The van der Waals surface area contributed by atoms with Crippen molar-refractivity contribution in [3.63, 3.8) is 0 Å². The first-order chi connectivity index (χ1) is 14.9. The number of rotatable bonds is 6. The molecule has 9 heteroatoms. The third-order valence-electron chi connectivity index (χ3n) is 6.40. The highest BCUT2D eigenvalue weighted by atomic mass is 32.2. The van der Waals surface area contributed by atoms with Gasteiger partial charge in [-0.05, 0) is 43.0 Å². The summed E-state index contributed by atoms with van der Waals surface area (Å²) >= 11 is 0. The molecule has 0 aromatic heterocycles. The molecule has 0 bridgehead atoms. The van der Waals surface area contributed by atoms with Gasteiger partial charge in [0.2, 0.25) is 21.8 Å². The zero-order chi connectivity index (χ0) is 21.8. The summed E-state index contributed by atoms with van der Waals surface area (Å²) in [4.78, 5) is 28.7. The molecule has 0 spiro atoms. The zero-order valence-corrected chi connectivity index (χ0v) is 18.7. The van der Waals surface area contributed by atoms with Crippen LogP contribution in [0.2, 0.25) is 0 Å². The van der Waals surface area contributed by atoms with Crippen LogP contribution in [0.4, 0.5) is 5.69 Å². The summed E-state index contributed by atoms with van der Waals surface area (Å²) in [6, 6.07) is 5.00. The SMILES string of the molecule is O=C(CCC(=O)N1CCc2cc(S(=O)(=O)NC3CCCCC3)ccc21)N1CCOCC1. The molecule has 0 unspecified atom stereocenters. The largest absolute Gasteiger partial charge is 0.378 e. The third kappa shape index (κ3) is 5.27. The Hall–Kier alpha value is -1.97. The molecule has 1 saturated carbocycles. The predicted octanol–water partition coefficient (Wildman–Crippen LogP) is 1.83. The number of carbonyl (C=O) groups excluding carboxylic acids is 2. The molecule has 0 radical (unpaired) electrons. The molecule has 4 rings (SSSR count). The first-order valence-corrected chi connectivity index (χ1v) is 12.7. The van der Waals surface area contributed by atoms with Crippen molar-refractivity contribution in [2.24, 2.45) is 0 Å². The first kappa shape index (κ1) is 22.2. The average Bonchev–Trinajstić information content (AvgIpc) is 3.22. The number of anilines is 1. The molecule has 2 fully saturated rings. The van der Waals surface area contributed by atoms with Crippen molar-refractivity contribution in [2.45, 2.75) is 62.3 Å². The first-order valence-electron chi connectivity index (χ1n) is 11.3. The fraction of sp³-hybridized carbons (Fsp3) is 0.636. The topological polar surface area (TPSA) is 96.0 Å². The van der Waals surface area contributed by atoms with Crippen molar-refractivity contribution in [3.8, 4) is 0 Å². The molecule has 0 atom stereocenters. The van der Waals surface area contributed by atoms with Crippen LogP contribution in [0.1, 0.15) is 50.5 Å². The number of sulfonamides is 1. The number of benzene rings is 1. The Balaban J connectivity index is 1.37. The van der Waals surface area contributed by atoms with Crippen molar-refractivity contribution in [1.82, 2.24) is 9.62 Å². The number of fused-ring (bicyclic) bond motifs is 1. The van der Waals surface area contributed by atoms with Crippen LogP contribution in [0.5, 0.6) is 0 Å². The summed E-state index contributed by atoms with van der Waals surface area (Å²) < 4.78 is 33.7. The summed E-state index contributed by atoms with van der Waals surface area (Å²) in [5, 5.41) is 0. The molecule has 1 N–H and O–H groups in total. The molecule has 1 aromatic rings. The minimum Gasteiger partial charge on any atom is -0.378 e. The van der Waals surface area contributed by atoms with Gasteiger partial charge in [-0.2, -0.15) is 0 Å². The van der Waals surface area contributed by atoms with Gasteiger partial charge >= 0.3 is 0 Å².